The van der Waals surface area contributed by atoms with Crippen molar-refractivity contribution in [1.29, 1.82) is 0 Å². The molecule has 0 spiro atoms. The number of nitrogens with two attached hydrogens (primary N) is 1. The predicted molar refractivity (Wildman–Crippen MR) is 117 cm³/mol. The van der Waals surface area contributed by atoms with Gasteiger partial charge in [-0.3, -0.25) is 0 Å². The molecule has 0 aliphatic carbocycles. The molecule has 2 aromatic carbocycles. The van der Waals surface area contributed by atoms with Crippen molar-refractivity contribution in [2.24, 2.45) is 0 Å². The Bertz CT molecular complexity index is 1240. The first-order valence-electron chi connectivity index (χ1n) is 9.89. The minimum atomic E-state index is -0.622. The van der Waals surface area contributed by atoms with E-state index in [1.54, 1.807) is 10.8 Å². The number of pyridine rings is 1. The number of aromatic nitrogens is 2. The van der Waals surface area contributed by atoms with Crippen molar-refractivity contribution >= 4 is 27.9 Å². The second-order valence-corrected chi connectivity index (χ2v) is 8.34. The molecule has 0 saturated heterocycles. The van der Waals surface area contributed by atoms with Crippen molar-refractivity contribution in [3.05, 3.63) is 72.1 Å². The number of benzene rings is 2. The molecule has 4 rings (SSSR count). The van der Waals surface area contributed by atoms with E-state index in [4.69, 9.17) is 15.3 Å². The number of hydrogen-bond donors (Lipinski definition) is 1. The Morgan fingerprint density at radius 3 is 2.50 bits per heavy atom. The second-order valence-electron chi connectivity index (χ2n) is 8.34. The first kappa shape index (κ1) is 19.8. The summed E-state index contributed by atoms with van der Waals surface area (Å²) in [7, 11) is 0. The van der Waals surface area contributed by atoms with Gasteiger partial charge in [0, 0.05) is 29.8 Å². The van der Waals surface area contributed by atoms with Crippen molar-refractivity contribution in [1.82, 2.24) is 4.57 Å². The van der Waals surface area contributed by atoms with Gasteiger partial charge in [-0.25, -0.2) is 15.2 Å². The van der Waals surface area contributed by atoms with Crippen molar-refractivity contribution in [2.45, 2.75) is 39.9 Å². The van der Waals surface area contributed by atoms with Gasteiger partial charge in [0.15, 0.2) is 6.20 Å². The van der Waals surface area contributed by atoms with E-state index < -0.39 is 11.7 Å². The average molecular weight is 404 g/mol. The van der Waals surface area contributed by atoms with Gasteiger partial charge in [-0.1, -0.05) is 35.0 Å². The van der Waals surface area contributed by atoms with E-state index in [-0.39, 0.29) is 0 Å². The van der Waals surface area contributed by atoms with E-state index in [0.29, 0.717) is 12.4 Å². The van der Waals surface area contributed by atoms with E-state index in [1.165, 1.54) is 4.68 Å². The summed E-state index contributed by atoms with van der Waals surface area (Å²) in [6.07, 6.45) is 1.34. The molecule has 0 bridgehead atoms. The lowest BCUT2D eigenvalue weighted by molar-refractivity contribution is -0.644. The predicted octanol–water partition coefficient (Wildman–Crippen LogP) is 4.47. The van der Waals surface area contributed by atoms with Crippen LogP contribution in [0.3, 0.4) is 0 Å². The van der Waals surface area contributed by atoms with Crippen LogP contribution in [0.15, 0.2) is 60.8 Å². The maximum Gasteiger partial charge on any atom is 0.419 e. The number of nitrogen functional groups attached to an aromatic ring is 1. The molecule has 30 heavy (non-hydrogen) atoms. The minimum absolute atomic E-state index is 0.445. The smallest absolute Gasteiger partial charge is 0.419 e. The maximum atomic E-state index is 13.2. The van der Waals surface area contributed by atoms with Gasteiger partial charge in [0.25, 0.3) is 0 Å². The first-order valence-corrected chi connectivity index (χ1v) is 9.89. The SMILES string of the molecule is Cc1c2c(cc[n+]1N)c1ccc(OCc3ccccc3)cc1n2C(=O)OC(C)(C)C. The molecule has 2 aromatic heterocycles. The molecule has 2 N–H and O–H groups in total. The molecule has 0 unspecified atom stereocenters. The number of ether oxygens (including phenoxy) is 2. The van der Waals surface area contributed by atoms with Gasteiger partial charge in [-0.2, -0.15) is 0 Å². The number of hydrogen-bond acceptors (Lipinski definition) is 4. The van der Waals surface area contributed by atoms with Gasteiger partial charge in [-0.15, -0.1) is 0 Å². The molecule has 6 heteroatoms. The Morgan fingerprint density at radius 2 is 1.80 bits per heavy atom. The van der Waals surface area contributed by atoms with Crippen LogP contribution in [0, 0.1) is 6.92 Å². The van der Waals surface area contributed by atoms with Crippen LogP contribution in [-0.2, 0) is 11.3 Å². The third-order valence-corrected chi connectivity index (χ3v) is 4.94. The van der Waals surface area contributed by atoms with E-state index in [9.17, 15) is 4.79 Å². The Balaban J connectivity index is 1.85. The summed E-state index contributed by atoms with van der Waals surface area (Å²) in [5, 5.41) is 1.87. The van der Waals surface area contributed by atoms with Crippen LogP contribution in [0.25, 0.3) is 21.8 Å². The molecular formula is C24H26N3O3+. The molecule has 0 amide bonds. The second kappa shape index (κ2) is 7.37. The molecule has 2 heterocycles. The minimum Gasteiger partial charge on any atom is -0.489 e. The van der Waals surface area contributed by atoms with Crippen LogP contribution in [-0.4, -0.2) is 16.3 Å². The Hall–Kier alpha value is -3.54. The fourth-order valence-corrected chi connectivity index (χ4v) is 3.53. The van der Waals surface area contributed by atoms with Crippen molar-refractivity contribution in [3.8, 4) is 5.75 Å². The van der Waals surface area contributed by atoms with Crippen LogP contribution in [0.1, 0.15) is 32.0 Å². The maximum absolute atomic E-state index is 13.2. The van der Waals surface area contributed by atoms with E-state index in [0.717, 1.165) is 33.1 Å². The highest BCUT2D eigenvalue weighted by Crippen LogP contribution is 2.33. The number of carbonyl (C=O) groups excluding carboxylic acids is 1. The molecular weight excluding hydrogens is 378 g/mol. The molecule has 0 atom stereocenters. The zero-order chi connectivity index (χ0) is 21.5. The summed E-state index contributed by atoms with van der Waals surface area (Å²) in [6.45, 7) is 7.88. The van der Waals surface area contributed by atoms with Crippen LogP contribution in [0.4, 0.5) is 4.79 Å². The van der Waals surface area contributed by atoms with Gasteiger partial charge in [-0.05, 0) is 38.5 Å². The third kappa shape index (κ3) is 3.68. The zero-order valence-corrected chi connectivity index (χ0v) is 17.7. The third-order valence-electron chi connectivity index (χ3n) is 4.94. The molecule has 0 saturated carbocycles. The Kier molecular flexibility index (Phi) is 4.86. The summed E-state index contributed by atoms with van der Waals surface area (Å²) >= 11 is 0. The lowest BCUT2D eigenvalue weighted by Gasteiger charge is -2.20. The van der Waals surface area contributed by atoms with Gasteiger partial charge >= 0.3 is 6.09 Å². The molecule has 6 nitrogen and oxygen atoms in total. The van der Waals surface area contributed by atoms with Gasteiger partial charge in [0.05, 0.1) is 5.52 Å². The van der Waals surface area contributed by atoms with E-state index >= 15 is 0 Å². The van der Waals surface area contributed by atoms with Crippen molar-refractivity contribution in [2.75, 3.05) is 5.84 Å². The number of nitrogens with zero attached hydrogens (tertiary/aromatic N) is 2. The first-order chi connectivity index (χ1) is 14.2. The van der Waals surface area contributed by atoms with Crippen LogP contribution in [0.5, 0.6) is 5.75 Å². The zero-order valence-electron chi connectivity index (χ0n) is 17.7. The molecule has 154 valence electrons. The quantitative estimate of drug-likeness (QED) is 0.404. The van der Waals surface area contributed by atoms with Crippen LogP contribution >= 0.6 is 0 Å². The summed E-state index contributed by atoms with van der Waals surface area (Å²) in [5.74, 6) is 6.75. The van der Waals surface area contributed by atoms with E-state index in [1.807, 2.05) is 82.3 Å². The van der Waals surface area contributed by atoms with Crippen molar-refractivity contribution in [3.63, 3.8) is 0 Å². The summed E-state index contributed by atoms with van der Waals surface area (Å²) in [4.78, 5) is 13.2. The number of aryl methyl sites for hydroxylation is 1. The normalized spacial score (nSPS) is 11.7. The summed E-state index contributed by atoms with van der Waals surface area (Å²) in [5.41, 5.74) is 2.66. The van der Waals surface area contributed by atoms with Gasteiger partial charge in [0.2, 0.25) is 5.69 Å². The molecule has 4 aromatic rings. The van der Waals surface area contributed by atoms with Crippen LogP contribution in [0.2, 0.25) is 0 Å². The number of carbonyl (C=O) groups is 1. The standard InChI is InChI=1S/C24H26N3O3/c1-16-22-20(12-13-26(16)25)19-11-10-18(29-15-17-8-6-5-7-9-17)14-21(19)27(22)23(28)30-24(2,3)4/h5-14H,15,25H2,1-4H3/q+1. The highest BCUT2D eigenvalue weighted by molar-refractivity contribution is 6.13. The fraction of sp³-hybridized carbons (Fsp3) is 0.250. The summed E-state index contributed by atoms with van der Waals surface area (Å²) in [6, 6.07) is 17.6. The summed E-state index contributed by atoms with van der Waals surface area (Å²) < 4.78 is 14.8. The van der Waals surface area contributed by atoms with Gasteiger partial charge in [0.1, 0.15) is 23.5 Å². The number of fused-ring (bicyclic) bond motifs is 3. The lowest BCUT2D eigenvalue weighted by Crippen LogP contribution is -2.47. The topological polar surface area (TPSA) is 70.4 Å². The monoisotopic (exact) mass is 404 g/mol. The molecule has 0 aliphatic rings. The molecule has 0 fully saturated rings. The van der Waals surface area contributed by atoms with E-state index in [2.05, 4.69) is 0 Å². The largest absolute Gasteiger partial charge is 0.489 e. The van der Waals surface area contributed by atoms with Crippen LogP contribution < -0.4 is 15.3 Å². The van der Waals surface area contributed by atoms with Crippen molar-refractivity contribution < 1.29 is 18.9 Å². The Morgan fingerprint density at radius 1 is 1.07 bits per heavy atom. The molecule has 0 aliphatic heterocycles. The Labute approximate surface area is 175 Å². The highest BCUT2D eigenvalue weighted by Gasteiger charge is 2.26. The highest BCUT2D eigenvalue weighted by atomic mass is 16.6. The van der Waals surface area contributed by atoms with Gasteiger partial charge < -0.3 is 9.47 Å². The molecule has 0 radical (unpaired) electrons. The number of rotatable bonds is 3. The average Bonchev–Trinajstić information content (AvgIpc) is 3.03. The fourth-order valence-electron chi connectivity index (χ4n) is 3.53. The lowest BCUT2D eigenvalue weighted by atomic mass is 10.1.